The quantitative estimate of drug-likeness (QED) is 0.786. The molecule has 0 radical (unpaired) electrons. The summed E-state index contributed by atoms with van der Waals surface area (Å²) in [6, 6.07) is 11.4. The zero-order valence-electron chi connectivity index (χ0n) is 13.2. The maximum absolute atomic E-state index is 12.4. The van der Waals surface area contributed by atoms with Crippen LogP contribution in [0, 0.1) is 0 Å². The number of aromatic nitrogens is 3. The highest BCUT2D eigenvalue weighted by molar-refractivity contribution is 5.94. The van der Waals surface area contributed by atoms with Crippen LogP contribution < -0.4 is 5.32 Å². The average molecular weight is 318 g/mol. The number of benzene rings is 1. The molecule has 0 aliphatic heterocycles. The second-order valence-electron chi connectivity index (χ2n) is 6.08. The van der Waals surface area contributed by atoms with E-state index >= 15 is 0 Å². The number of pyridine rings is 1. The highest BCUT2D eigenvalue weighted by atomic mass is 16.1. The van der Waals surface area contributed by atoms with E-state index in [1.54, 1.807) is 16.9 Å². The molecule has 5 heteroatoms. The lowest BCUT2D eigenvalue weighted by Crippen LogP contribution is -2.23. The molecule has 2 aromatic heterocycles. The van der Waals surface area contributed by atoms with E-state index in [1.165, 1.54) is 18.4 Å². The van der Waals surface area contributed by atoms with Gasteiger partial charge in [-0.15, -0.1) is 0 Å². The number of carbonyl (C=O) groups is 1. The minimum Gasteiger partial charge on any atom is -0.348 e. The van der Waals surface area contributed by atoms with Gasteiger partial charge >= 0.3 is 0 Å². The number of nitrogens with one attached hydrogen (secondary N) is 1. The molecule has 120 valence electrons. The van der Waals surface area contributed by atoms with E-state index in [4.69, 9.17) is 0 Å². The van der Waals surface area contributed by atoms with Gasteiger partial charge in [0.2, 0.25) is 0 Å². The van der Waals surface area contributed by atoms with Crippen molar-refractivity contribution in [3.63, 3.8) is 0 Å². The van der Waals surface area contributed by atoms with Gasteiger partial charge in [-0.05, 0) is 54.2 Å². The summed E-state index contributed by atoms with van der Waals surface area (Å²) in [5, 5.41) is 7.15. The molecular formula is C19H18N4O. The standard InChI is InChI=1S/C19H18N4O/c24-19(16-3-1-4-18(10-16)23-8-2-7-22-23)21-12-14-9-17(13-20-11-14)15-5-6-15/h1-4,7-11,13,15H,5-6,12H2,(H,21,24). The molecule has 0 unspecified atom stereocenters. The number of hydrogen-bond acceptors (Lipinski definition) is 3. The lowest BCUT2D eigenvalue weighted by Gasteiger charge is -2.08. The van der Waals surface area contributed by atoms with E-state index in [-0.39, 0.29) is 5.91 Å². The summed E-state index contributed by atoms with van der Waals surface area (Å²) in [7, 11) is 0. The van der Waals surface area contributed by atoms with Gasteiger partial charge in [-0.1, -0.05) is 12.1 Å². The van der Waals surface area contributed by atoms with Crippen molar-refractivity contribution in [1.29, 1.82) is 0 Å². The minimum atomic E-state index is -0.0965. The number of rotatable bonds is 5. The molecule has 4 rings (SSSR count). The first-order chi connectivity index (χ1) is 11.8. The molecule has 0 spiro atoms. The van der Waals surface area contributed by atoms with Crippen molar-refractivity contribution in [2.75, 3.05) is 0 Å². The maximum atomic E-state index is 12.4. The lowest BCUT2D eigenvalue weighted by atomic mass is 10.1. The molecule has 1 aliphatic rings. The van der Waals surface area contributed by atoms with Crippen molar-refractivity contribution < 1.29 is 4.79 Å². The molecule has 1 aliphatic carbocycles. The van der Waals surface area contributed by atoms with Crippen molar-refractivity contribution in [3.05, 3.63) is 77.9 Å². The summed E-state index contributed by atoms with van der Waals surface area (Å²) in [6.45, 7) is 0.485. The number of amides is 1. The molecule has 5 nitrogen and oxygen atoms in total. The minimum absolute atomic E-state index is 0.0965. The zero-order chi connectivity index (χ0) is 16.4. The second kappa shape index (κ2) is 6.28. The Labute approximate surface area is 140 Å². The van der Waals surface area contributed by atoms with E-state index in [9.17, 15) is 4.79 Å². The fourth-order valence-corrected chi connectivity index (χ4v) is 2.74. The lowest BCUT2D eigenvalue weighted by molar-refractivity contribution is 0.0951. The van der Waals surface area contributed by atoms with E-state index in [0.717, 1.165) is 11.3 Å². The molecule has 3 aromatic rings. The van der Waals surface area contributed by atoms with Crippen LogP contribution in [0.15, 0.2) is 61.2 Å². The van der Waals surface area contributed by atoms with Crippen molar-refractivity contribution >= 4 is 5.91 Å². The average Bonchev–Trinajstić information content (AvgIpc) is 3.34. The third kappa shape index (κ3) is 3.20. The normalized spacial score (nSPS) is 13.7. The van der Waals surface area contributed by atoms with Crippen LogP contribution in [-0.4, -0.2) is 20.7 Å². The molecule has 0 saturated heterocycles. The van der Waals surface area contributed by atoms with Crippen LogP contribution in [0.3, 0.4) is 0 Å². The molecule has 1 N–H and O–H groups in total. The largest absolute Gasteiger partial charge is 0.348 e. The summed E-state index contributed by atoms with van der Waals surface area (Å²) in [4.78, 5) is 16.7. The Morgan fingerprint density at radius 3 is 2.92 bits per heavy atom. The zero-order valence-corrected chi connectivity index (χ0v) is 13.2. The van der Waals surface area contributed by atoms with Gasteiger partial charge < -0.3 is 5.32 Å². The third-order valence-electron chi connectivity index (χ3n) is 4.20. The van der Waals surface area contributed by atoms with Crippen LogP contribution in [0.2, 0.25) is 0 Å². The van der Waals surface area contributed by atoms with Gasteiger partial charge in [-0.25, -0.2) is 4.68 Å². The molecule has 1 aromatic carbocycles. The van der Waals surface area contributed by atoms with Gasteiger partial charge in [0.15, 0.2) is 0 Å². The van der Waals surface area contributed by atoms with E-state index < -0.39 is 0 Å². The van der Waals surface area contributed by atoms with E-state index in [2.05, 4.69) is 21.5 Å². The second-order valence-corrected chi connectivity index (χ2v) is 6.08. The highest BCUT2D eigenvalue weighted by Gasteiger charge is 2.23. The molecule has 1 fully saturated rings. The monoisotopic (exact) mass is 318 g/mol. The van der Waals surface area contributed by atoms with Gasteiger partial charge in [-0.2, -0.15) is 5.10 Å². The Morgan fingerprint density at radius 2 is 2.12 bits per heavy atom. The van der Waals surface area contributed by atoms with Crippen LogP contribution in [0.1, 0.15) is 40.2 Å². The summed E-state index contributed by atoms with van der Waals surface area (Å²) >= 11 is 0. The summed E-state index contributed by atoms with van der Waals surface area (Å²) < 4.78 is 1.74. The van der Waals surface area contributed by atoms with Crippen molar-refractivity contribution in [1.82, 2.24) is 20.1 Å². The summed E-state index contributed by atoms with van der Waals surface area (Å²) in [5.74, 6) is 0.569. The Hall–Kier alpha value is -2.95. The molecule has 0 atom stereocenters. The fourth-order valence-electron chi connectivity index (χ4n) is 2.74. The molecule has 2 heterocycles. The van der Waals surface area contributed by atoms with Crippen LogP contribution in [0.4, 0.5) is 0 Å². The Kier molecular flexibility index (Phi) is 3.83. The number of hydrogen-bond donors (Lipinski definition) is 1. The smallest absolute Gasteiger partial charge is 0.251 e. The first-order valence-corrected chi connectivity index (χ1v) is 8.12. The maximum Gasteiger partial charge on any atom is 0.251 e. The van der Waals surface area contributed by atoms with Crippen LogP contribution in [0.25, 0.3) is 5.69 Å². The number of carbonyl (C=O) groups excluding carboxylic acids is 1. The van der Waals surface area contributed by atoms with Crippen LogP contribution in [-0.2, 0) is 6.54 Å². The van der Waals surface area contributed by atoms with Crippen LogP contribution >= 0.6 is 0 Å². The Bertz CT molecular complexity index is 853. The summed E-state index contributed by atoms with van der Waals surface area (Å²) in [5.41, 5.74) is 3.80. The number of nitrogens with zero attached hydrogens (tertiary/aromatic N) is 3. The molecule has 0 bridgehead atoms. The van der Waals surface area contributed by atoms with Crippen molar-refractivity contribution in [2.45, 2.75) is 25.3 Å². The predicted molar refractivity (Wildman–Crippen MR) is 90.9 cm³/mol. The molecular weight excluding hydrogens is 300 g/mol. The first kappa shape index (κ1) is 14.6. The summed E-state index contributed by atoms with van der Waals surface area (Å²) in [6.07, 6.45) is 9.80. The fraction of sp³-hybridized carbons (Fsp3) is 0.211. The van der Waals surface area contributed by atoms with Crippen molar-refractivity contribution in [2.24, 2.45) is 0 Å². The first-order valence-electron chi connectivity index (χ1n) is 8.12. The van der Waals surface area contributed by atoms with Crippen LogP contribution in [0.5, 0.6) is 0 Å². The van der Waals surface area contributed by atoms with E-state index in [1.807, 2.05) is 42.9 Å². The van der Waals surface area contributed by atoms with Crippen molar-refractivity contribution in [3.8, 4) is 5.69 Å². The van der Waals surface area contributed by atoms with Gasteiger partial charge in [0.05, 0.1) is 5.69 Å². The molecule has 24 heavy (non-hydrogen) atoms. The van der Waals surface area contributed by atoms with E-state index in [0.29, 0.717) is 18.0 Å². The van der Waals surface area contributed by atoms with Gasteiger partial charge in [0, 0.05) is 36.9 Å². The Balaban J connectivity index is 1.44. The molecule has 1 saturated carbocycles. The Morgan fingerprint density at radius 1 is 1.21 bits per heavy atom. The highest BCUT2D eigenvalue weighted by Crippen LogP contribution is 2.39. The van der Waals surface area contributed by atoms with Gasteiger partial charge in [0.1, 0.15) is 0 Å². The SMILES string of the molecule is O=C(NCc1cncc(C2CC2)c1)c1cccc(-n2cccn2)c1. The third-order valence-corrected chi connectivity index (χ3v) is 4.20. The van der Waals surface area contributed by atoms with Gasteiger partial charge in [0.25, 0.3) is 5.91 Å². The van der Waals surface area contributed by atoms with Gasteiger partial charge in [-0.3, -0.25) is 9.78 Å². The molecule has 1 amide bonds. The predicted octanol–water partition coefficient (Wildman–Crippen LogP) is 3.07. The topological polar surface area (TPSA) is 59.8 Å².